The number of hydrogen-bond donors (Lipinski definition) is 2. The smallest absolute Gasteiger partial charge is 0.408 e. The number of halogens is 1. The lowest BCUT2D eigenvalue weighted by Crippen LogP contribution is -2.53. The van der Waals surface area contributed by atoms with Gasteiger partial charge in [-0.3, -0.25) is 9.59 Å². The molecule has 0 aromatic heterocycles. The van der Waals surface area contributed by atoms with Gasteiger partial charge < -0.3 is 20.3 Å². The van der Waals surface area contributed by atoms with Gasteiger partial charge in [-0.15, -0.1) is 6.58 Å². The molecule has 2 atom stereocenters. The van der Waals surface area contributed by atoms with Crippen LogP contribution in [0.4, 0.5) is 10.5 Å². The number of ether oxygens (including phenoxy) is 1. The number of alkyl carbamates (subject to hydrolysis) is 1. The standard InChI is InChI=1S/C34H40ClN3O4/c1-7-21-38(32(40)28(22-25-14-10-9-11-15-25)36-33(41)42-34(4,5)6)30(26-19-17-24(8-2)18-20-26)31(39)37-29-23(3)13-12-16-27(29)35/h7,9-20,28,30H,1,8,21-22H2,2-6H3,(H,36,41)(H,37,39). The number of benzene rings is 3. The molecule has 3 aromatic carbocycles. The average Bonchev–Trinajstić information content (AvgIpc) is 2.94. The summed E-state index contributed by atoms with van der Waals surface area (Å²) in [6.07, 6.45) is 1.85. The van der Waals surface area contributed by atoms with E-state index in [0.29, 0.717) is 16.3 Å². The zero-order valence-corrected chi connectivity index (χ0v) is 25.7. The minimum atomic E-state index is -1.05. The SMILES string of the molecule is C=CCN(C(=O)C(Cc1ccccc1)NC(=O)OC(C)(C)C)C(C(=O)Nc1c(C)cccc1Cl)c1ccc(CC)cc1. The number of hydrogen-bond acceptors (Lipinski definition) is 4. The van der Waals surface area contributed by atoms with Crippen LogP contribution < -0.4 is 10.6 Å². The van der Waals surface area contributed by atoms with E-state index in [1.807, 2.05) is 74.5 Å². The van der Waals surface area contributed by atoms with Crippen molar-refractivity contribution in [1.29, 1.82) is 0 Å². The number of para-hydroxylation sites is 1. The molecule has 3 amide bonds. The lowest BCUT2D eigenvalue weighted by molar-refractivity contribution is -0.140. The van der Waals surface area contributed by atoms with E-state index in [9.17, 15) is 14.4 Å². The molecule has 0 saturated heterocycles. The zero-order chi connectivity index (χ0) is 30.9. The van der Waals surface area contributed by atoms with Crippen molar-refractivity contribution in [2.24, 2.45) is 0 Å². The molecule has 42 heavy (non-hydrogen) atoms. The summed E-state index contributed by atoms with van der Waals surface area (Å²) in [5.41, 5.74) is 3.03. The lowest BCUT2D eigenvalue weighted by Gasteiger charge is -2.34. The molecular weight excluding hydrogens is 550 g/mol. The van der Waals surface area contributed by atoms with Crippen LogP contribution in [-0.2, 0) is 27.2 Å². The zero-order valence-electron chi connectivity index (χ0n) is 24.9. The molecule has 0 heterocycles. The number of nitrogens with one attached hydrogen (secondary N) is 2. The summed E-state index contributed by atoms with van der Waals surface area (Å²) in [5, 5.41) is 6.09. The normalized spacial score (nSPS) is 12.5. The topological polar surface area (TPSA) is 87.7 Å². The third-order valence-corrected chi connectivity index (χ3v) is 6.93. The average molecular weight is 590 g/mol. The fourth-order valence-electron chi connectivity index (χ4n) is 4.55. The van der Waals surface area contributed by atoms with Crippen LogP contribution >= 0.6 is 11.6 Å². The molecule has 3 aromatic rings. The van der Waals surface area contributed by atoms with Crippen molar-refractivity contribution in [3.63, 3.8) is 0 Å². The van der Waals surface area contributed by atoms with Gasteiger partial charge in [-0.05, 0) is 62.4 Å². The van der Waals surface area contributed by atoms with Gasteiger partial charge in [-0.25, -0.2) is 4.79 Å². The Morgan fingerprint density at radius 1 is 0.976 bits per heavy atom. The first kappa shape index (κ1) is 32.4. The van der Waals surface area contributed by atoms with Crippen LogP contribution in [0.15, 0.2) is 85.5 Å². The summed E-state index contributed by atoms with van der Waals surface area (Å²) in [6.45, 7) is 13.0. The van der Waals surface area contributed by atoms with Crippen LogP contribution in [0.1, 0.15) is 56.0 Å². The highest BCUT2D eigenvalue weighted by Gasteiger charge is 2.36. The number of anilines is 1. The Bertz CT molecular complexity index is 1360. The predicted octanol–water partition coefficient (Wildman–Crippen LogP) is 7.04. The molecule has 0 aliphatic rings. The van der Waals surface area contributed by atoms with E-state index in [4.69, 9.17) is 16.3 Å². The largest absolute Gasteiger partial charge is 0.444 e. The Kier molecular flexibility index (Phi) is 11.3. The molecule has 0 saturated carbocycles. The number of carbonyl (C=O) groups excluding carboxylic acids is 3. The minimum Gasteiger partial charge on any atom is -0.444 e. The van der Waals surface area contributed by atoms with Gasteiger partial charge in [0.05, 0.1) is 10.7 Å². The molecule has 0 radical (unpaired) electrons. The maximum atomic E-state index is 14.4. The van der Waals surface area contributed by atoms with E-state index >= 15 is 0 Å². The van der Waals surface area contributed by atoms with Crippen LogP contribution in [0.2, 0.25) is 5.02 Å². The maximum absolute atomic E-state index is 14.4. The maximum Gasteiger partial charge on any atom is 0.408 e. The van der Waals surface area contributed by atoms with Crippen molar-refractivity contribution in [3.8, 4) is 0 Å². The van der Waals surface area contributed by atoms with E-state index in [1.54, 1.807) is 39.0 Å². The van der Waals surface area contributed by atoms with Crippen LogP contribution in [-0.4, -0.2) is 41.0 Å². The Morgan fingerprint density at radius 3 is 2.21 bits per heavy atom. The predicted molar refractivity (Wildman–Crippen MR) is 169 cm³/mol. The van der Waals surface area contributed by atoms with Crippen LogP contribution in [0, 0.1) is 6.92 Å². The van der Waals surface area contributed by atoms with Gasteiger partial charge in [0.15, 0.2) is 0 Å². The van der Waals surface area contributed by atoms with E-state index in [2.05, 4.69) is 17.2 Å². The molecule has 2 unspecified atom stereocenters. The highest BCUT2D eigenvalue weighted by molar-refractivity contribution is 6.34. The van der Waals surface area contributed by atoms with Crippen molar-refractivity contribution >= 4 is 35.2 Å². The molecule has 2 N–H and O–H groups in total. The molecule has 0 aliphatic carbocycles. The Balaban J connectivity index is 2.07. The number of aryl methyl sites for hydroxylation is 2. The Hall–Kier alpha value is -4.10. The second-order valence-corrected chi connectivity index (χ2v) is 11.5. The first-order valence-corrected chi connectivity index (χ1v) is 14.4. The monoisotopic (exact) mass is 589 g/mol. The molecule has 0 fully saturated rings. The first-order chi connectivity index (χ1) is 19.9. The summed E-state index contributed by atoms with van der Waals surface area (Å²) >= 11 is 6.45. The van der Waals surface area contributed by atoms with Gasteiger partial charge in [0.2, 0.25) is 5.91 Å². The molecular formula is C34H40ClN3O4. The molecule has 0 aliphatic heterocycles. The molecule has 7 nitrogen and oxygen atoms in total. The number of rotatable bonds is 11. The quantitative estimate of drug-likeness (QED) is 0.235. The Morgan fingerprint density at radius 2 is 1.64 bits per heavy atom. The molecule has 8 heteroatoms. The van der Waals surface area contributed by atoms with Crippen LogP contribution in [0.5, 0.6) is 0 Å². The molecule has 3 rings (SSSR count). The number of carbonyl (C=O) groups is 3. The van der Waals surface area contributed by atoms with Gasteiger partial charge in [-0.2, -0.15) is 0 Å². The summed E-state index contributed by atoms with van der Waals surface area (Å²) in [7, 11) is 0. The van der Waals surface area contributed by atoms with Crippen LogP contribution in [0.25, 0.3) is 0 Å². The fourth-order valence-corrected chi connectivity index (χ4v) is 4.82. The third-order valence-electron chi connectivity index (χ3n) is 6.61. The number of amides is 3. The second kappa shape index (κ2) is 14.7. The van der Waals surface area contributed by atoms with Crippen molar-refractivity contribution in [3.05, 3.63) is 113 Å². The van der Waals surface area contributed by atoms with E-state index in [0.717, 1.165) is 23.1 Å². The van der Waals surface area contributed by atoms with Crippen molar-refractivity contribution in [1.82, 2.24) is 10.2 Å². The lowest BCUT2D eigenvalue weighted by atomic mass is 9.98. The molecule has 222 valence electrons. The summed E-state index contributed by atoms with van der Waals surface area (Å²) in [4.78, 5) is 42.8. The van der Waals surface area contributed by atoms with E-state index < -0.39 is 35.6 Å². The fraction of sp³-hybridized carbons (Fsp3) is 0.324. The summed E-state index contributed by atoms with van der Waals surface area (Å²) in [6, 6.07) is 20.2. The highest BCUT2D eigenvalue weighted by Crippen LogP contribution is 2.30. The number of nitrogens with zero attached hydrogens (tertiary/aromatic N) is 1. The molecule has 0 bridgehead atoms. The van der Waals surface area contributed by atoms with E-state index in [1.165, 1.54) is 4.90 Å². The summed E-state index contributed by atoms with van der Waals surface area (Å²) < 4.78 is 5.48. The van der Waals surface area contributed by atoms with Crippen LogP contribution in [0.3, 0.4) is 0 Å². The van der Waals surface area contributed by atoms with Gasteiger partial charge in [0.25, 0.3) is 5.91 Å². The van der Waals surface area contributed by atoms with Gasteiger partial charge in [-0.1, -0.05) is 91.3 Å². The summed E-state index contributed by atoms with van der Waals surface area (Å²) in [5.74, 6) is -0.901. The Labute approximate surface area is 253 Å². The first-order valence-electron chi connectivity index (χ1n) is 14.0. The third kappa shape index (κ3) is 8.95. The van der Waals surface area contributed by atoms with Gasteiger partial charge in [0, 0.05) is 13.0 Å². The van der Waals surface area contributed by atoms with Gasteiger partial charge >= 0.3 is 6.09 Å². The van der Waals surface area contributed by atoms with Crippen molar-refractivity contribution < 1.29 is 19.1 Å². The van der Waals surface area contributed by atoms with Crippen molar-refractivity contribution in [2.45, 2.75) is 65.1 Å². The minimum absolute atomic E-state index is 0.0508. The highest BCUT2D eigenvalue weighted by atomic mass is 35.5. The van der Waals surface area contributed by atoms with Crippen molar-refractivity contribution in [2.75, 3.05) is 11.9 Å². The molecule has 0 spiro atoms. The second-order valence-electron chi connectivity index (χ2n) is 11.1. The van der Waals surface area contributed by atoms with Gasteiger partial charge in [0.1, 0.15) is 17.7 Å². The van der Waals surface area contributed by atoms with E-state index in [-0.39, 0.29) is 13.0 Å².